The Morgan fingerprint density at radius 1 is 1.05 bits per heavy atom. The average molecular weight is 569 g/mol. The summed E-state index contributed by atoms with van der Waals surface area (Å²) in [5, 5.41) is 8.64. The highest BCUT2D eigenvalue weighted by Gasteiger charge is 2.44. The summed E-state index contributed by atoms with van der Waals surface area (Å²) in [6.45, 7) is 6.93. The van der Waals surface area contributed by atoms with E-state index in [4.69, 9.17) is 32.5 Å². The second-order valence-corrected chi connectivity index (χ2v) is 13.0. The lowest BCUT2D eigenvalue weighted by Gasteiger charge is -2.38. The Hall–Kier alpha value is -2.54. The number of carbonyl (C=O) groups is 1. The van der Waals surface area contributed by atoms with Crippen LogP contribution in [-0.2, 0) is 16.8 Å². The van der Waals surface area contributed by atoms with Gasteiger partial charge in [-0.1, -0.05) is 67.3 Å². The largest absolute Gasteiger partial charge is 0.373 e. The van der Waals surface area contributed by atoms with Gasteiger partial charge < -0.3 is 19.5 Å². The molecule has 39 heavy (non-hydrogen) atoms. The van der Waals surface area contributed by atoms with E-state index in [2.05, 4.69) is 43.4 Å². The number of hydrogen-bond acceptors (Lipinski definition) is 4. The van der Waals surface area contributed by atoms with Crippen molar-refractivity contribution >= 4 is 34.9 Å². The fraction of sp³-hybridized carbons (Fsp3) is 0.484. The van der Waals surface area contributed by atoms with E-state index in [1.165, 1.54) is 5.56 Å². The van der Waals surface area contributed by atoms with E-state index in [-0.39, 0.29) is 29.6 Å². The van der Waals surface area contributed by atoms with Crippen molar-refractivity contribution in [2.75, 3.05) is 5.32 Å². The Bertz CT molecular complexity index is 1340. The molecule has 2 amide bonds. The van der Waals surface area contributed by atoms with Gasteiger partial charge in [-0.25, -0.2) is 4.79 Å². The Morgan fingerprint density at radius 3 is 2.36 bits per heavy atom. The predicted molar refractivity (Wildman–Crippen MR) is 155 cm³/mol. The molecule has 3 fully saturated rings. The highest BCUT2D eigenvalue weighted by Crippen LogP contribution is 2.46. The van der Waals surface area contributed by atoms with Crippen molar-refractivity contribution in [1.82, 2.24) is 10.1 Å². The van der Waals surface area contributed by atoms with E-state index in [1.807, 2.05) is 35.2 Å². The summed E-state index contributed by atoms with van der Waals surface area (Å²) < 4.78 is 12.3. The Kier molecular flexibility index (Phi) is 7.15. The van der Waals surface area contributed by atoms with Gasteiger partial charge in [0.1, 0.15) is 11.5 Å². The van der Waals surface area contributed by atoms with Crippen molar-refractivity contribution in [3.05, 3.63) is 69.4 Å². The summed E-state index contributed by atoms with van der Waals surface area (Å²) in [6, 6.07) is 13.9. The maximum Gasteiger partial charge on any atom is 0.322 e. The smallest absolute Gasteiger partial charge is 0.322 e. The molecule has 2 aromatic carbocycles. The van der Waals surface area contributed by atoms with Crippen LogP contribution in [0.25, 0.3) is 11.3 Å². The van der Waals surface area contributed by atoms with Gasteiger partial charge in [-0.3, -0.25) is 0 Å². The van der Waals surface area contributed by atoms with Crippen LogP contribution >= 0.6 is 23.2 Å². The van der Waals surface area contributed by atoms with Crippen LogP contribution in [0.1, 0.15) is 82.1 Å². The number of nitrogens with zero attached hydrogens (tertiary/aromatic N) is 2. The standard InChI is InChI=1S/C31H35Cl2N3O3/c1-31(2,3)19-6-4-7-20(14-19)34-30(37)36-21-12-13-22(36)16-23(15-21)38-17-24-28(35-39-29(24)18-10-11-18)27-25(32)8-5-9-26(27)33/h4-9,14,18,21-23H,10-13,15-17H2,1-3H3,(H,34,37). The maximum absolute atomic E-state index is 13.4. The molecule has 3 heterocycles. The number of fused-ring (bicyclic) bond motifs is 2. The number of carbonyl (C=O) groups excluding carboxylic acids is 1. The molecule has 8 heteroatoms. The molecule has 2 saturated heterocycles. The van der Waals surface area contributed by atoms with Gasteiger partial charge in [0.15, 0.2) is 0 Å². The van der Waals surface area contributed by atoms with Gasteiger partial charge in [0.2, 0.25) is 0 Å². The molecular formula is C31H35Cl2N3O3. The first kappa shape index (κ1) is 26.7. The van der Waals surface area contributed by atoms with E-state index >= 15 is 0 Å². The molecule has 2 bridgehead atoms. The lowest BCUT2D eigenvalue weighted by Crippen LogP contribution is -2.50. The Labute approximate surface area is 240 Å². The zero-order valence-electron chi connectivity index (χ0n) is 22.7. The minimum atomic E-state index is -0.0160. The topological polar surface area (TPSA) is 67.6 Å². The van der Waals surface area contributed by atoms with Gasteiger partial charge in [0.25, 0.3) is 0 Å². The molecule has 6 rings (SSSR count). The molecule has 0 spiro atoms. The van der Waals surface area contributed by atoms with E-state index in [0.29, 0.717) is 33.8 Å². The van der Waals surface area contributed by atoms with Crippen LogP contribution in [0.5, 0.6) is 0 Å². The molecule has 1 aromatic heterocycles. The second kappa shape index (κ2) is 10.5. The number of anilines is 1. The first-order valence-corrected chi connectivity index (χ1v) is 14.7. The second-order valence-electron chi connectivity index (χ2n) is 12.2. The zero-order valence-corrected chi connectivity index (χ0v) is 24.2. The number of hydrogen-bond donors (Lipinski definition) is 1. The highest BCUT2D eigenvalue weighted by atomic mass is 35.5. The summed E-state index contributed by atoms with van der Waals surface area (Å²) in [5.41, 5.74) is 4.37. The fourth-order valence-corrected chi connectivity index (χ4v) is 6.67. The molecule has 1 aliphatic carbocycles. The number of aromatic nitrogens is 1. The third-order valence-electron chi connectivity index (χ3n) is 8.33. The van der Waals surface area contributed by atoms with Crippen molar-refractivity contribution in [2.24, 2.45) is 0 Å². The Balaban J connectivity index is 1.14. The van der Waals surface area contributed by atoms with Gasteiger partial charge in [0.05, 0.1) is 22.8 Å². The fourth-order valence-electron chi connectivity index (χ4n) is 6.10. The van der Waals surface area contributed by atoms with E-state index in [9.17, 15) is 4.79 Å². The van der Waals surface area contributed by atoms with E-state index in [1.54, 1.807) is 0 Å². The van der Waals surface area contributed by atoms with Crippen LogP contribution in [-0.4, -0.2) is 34.3 Å². The van der Waals surface area contributed by atoms with Crippen molar-refractivity contribution < 1.29 is 14.1 Å². The first-order chi connectivity index (χ1) is 18.7. The number of nitrogens with one attached hydrogen (secondary N) is 1. The first-order valence-electron chi connectivity index (χ1n) is 13.9. The number of rotatable bonds is 6. The molecule has 1 N–H and O–H groups in total. The van der Waals surface area contributed by atoms with Gasteiger partial charge in [0, 0.05) is 34.8 Å². The molecule has 1 saturated carbocycles. The summed E-state index contributed by atoms with van der Waals surface area (Å²) in [4.78, 5) is 15.4. The molecule has 0 radical (unpaired) electrons. The zero-order chi connectivity index (χ0) is 27.3. The SMILES string of the molecule is CC(C)(C)c1cccc(NC(=O)N2C3CCC2CC(OCc2c(-c4c(Cl)cccc4Cl)noc2C2CC2)C3)c1. The van der Waals surface area contributed by atoms with Gasteiger partial charge >= 0.3 is 6.03 Å². The summed E-state index contributed by atoms with van der Waals surface area (Å²) in [6.07, 6.45) is 5.88. The van der Waals surface area contributed by atoms with Crippen LogP contribution in [0.2, 0.25) is 10.0 Å². The van der Waals surface area contributed by atoms with Gasteiger partial charge in [-0.15, -0.1) is 0 Å². The van der Waals surface area contributed by atoms with Crippen LogP contribution in [0, 0.1) is 0 Å². The number of benzene rings is 2. The third kappa shape index (κ3) is 5.44. The molecule has 3 aliphatic rings. The summed E-state index contributed by atoms with van der Waals surface area (Å²) >= 11 is 13.0. The molecule has 206 valence electrons. The number of ether oxygens (including phenoxy) is 1. The third-order valence-corrected chi connectivity index (χ3v) is 8.96. The molecule has 3 aromatic rings. The predicted octanol–water partition coefficient (Wildman–Crippen LogP) is 8.57. The maximum atomic E-state index is 13.4. The van der Waals surface area contributed by atoms with Crippen molar-refractivity contribution in [1.29, 1.82) is 0 Å². The van der Waals surface area contributed by atoms with Crippen LogP contribution in [0.15, 0.2) is 47.0 Å². The van der Waals surface area contributed by atoms with Crippen molar-refractivity contribution in [3.63, 3.8) is 0 Å². The number of amides is 2. The van der Waals surface area contributed by atoms with E-state index in [0.717, 1.165) is 55.5 Å². The lowest BCUT2D eigenvalue weighted by molar-refractivity contribution is -0.0158. The summed E-state index contributed by atoms with van der Waals surface area (Å²) in [7, 11) is 0. The normalized spacial score (nSPS) is 22.8. The van der Waals surface area contributed by atoms with Crippen LogP contribution in [0.4, 0.5) is 10.5 Å². The molecule has 6 nitrogen and oxygen atoms in total. The van der Waals surface area contributed by atoms with Crippen molar-refractivity contribution in [3.8, 4) is 11.3 Å². The van der Waals surface area contributed by atoms with Crippen molar-refractivity contribution in [2.45, 2.75) is 95.4 Å². The number of urea groups is 1. The minimum Gasteiger partial charge on any atom is -0.373 e. The van der Waals surface area contributed by atoms with Gasteiger partial charge in [-0.2, -0.15) is 0 Å². The number of piperidine rings is 1. The minimum absolute atomic E-state index is 0.0160. The van der Waals surface area contributed by atoms with Gasteiger partial charge in [-0.05, 0) is 73.8 Å². The molecule has 2 unspecified atom stereocenters. The van der Waals surface area contributed by atoms with E-state index < -0.39 is 0 Å². The quantitative estimate of drug-likeness (QED) is 0.324. The molecule has 2 atom stereocenters. The lowest BCUT2D eigenvalue weighted by atomic mass is 9.87. The highest BCUT2D eigenvalue weighted by molar-refractivity contribution is 6.39. The monoisotopic (exact) mass is 567 g/mol. The molecular weight excluding hydrogens is 533 g/mol. The molecule has 2 aliphatic heterocycles. The van der Waals surface area contributed by atoms with Crippen LogP contribution < -0.4 is 5.32 Å². The summed E-state index contributed by atoms with van der Waals surface area (Å²) in [5.74, 6) is 1.27. The average Bonchev–Trinajstić information content (AvgIpc) is 3.59. The van der Waals surface area contributed by atoms with Crippen LogP contribution in [0.3, 0.4) is 0 Å². The Morgan fingerprint density at radius 2 is 1.72 bits per heavy atom. The number of halogens is 2.